The third kappa shape index (κ3) is 4.02. The number of carbonyl (C=O) groups is 1. The first kappa shape index (κ1) is 8.57. The van der Waals surface area contributed by atoms with E-state index in [1.165, 1.54) is 12.8 Å². The van der Waals surface area contributed by atoms with Crippen LogP contribution in [0.3, 0.4) is 0 Å². The monoisotopic (exact) mass is 155 g/mol. The van der Waals surface area contributed by atoms with E-state index in [1.54, 1.807) is 0 Å². The van der Waals surface area contributed by atoms with E-state index in [4.69, 9.17) is 0 Å². The molecular weight excluding hydrogens is 138 g/mol. The summed E-state index contributed by atoms with van der Waals surface area (Å²) >= 11 is 0. The van der Waals surface area contributed by atoms with Gasteiger partial charge in [-0.05, 0) is 24.7 Å². The van der Waals surface area contributed by atoms with Crippen LogP contribution in [0.25, 0.3) is 0 Å². The lowest BCUT2D eigenvalue weighted by Gasteiger charge is -2.06. The highest BCUT2D eigenvalue weighted by atomic mass is 16.1. The molecule has 1 fully saturated rings. The SMILES string of the molecule is CC(C)CNC(=O)CC1CC1. The summed E-state index contributed by atoms with van der Waals surface area (Å²) in [5, 5.41) is 2.91. The number of carbonyl (C=O) groups excluding carboxylic acids is 1. The Morgan fingerprint density at radius 1 is 1.55 bits per heavy atom. The topological polar surface area (TPSA) is 29.1 Å². The molecular formula is C9H17NO. The fraction of sp³-hybridized carbons (Fsp3) is 0.889. The van der Waals surface area contributed by atoms with Crippen LogP contribution in [0, 0.1) is 11.8 Å². The van der Waals surface area contributed by atoms with Crippen molar-refractivity contribution in [3.05, 3.63) is 0 Å². The van der Waals surface area contributed by atoms with Crippen LogP contribution in [0.2, 0.25) is 0 Å². The van der Waals surface area contributed by atoms with E-state index in [0.29, 0.717) is 11.8 Å². The molecule has 0 aliphatic heterocycles. The first-order valence-corrected chi connectivity index (χ1v) is 4.45. The van der Waals surface area contributed by atoms with Gasteiger partial charge in [0.05, 0.1) is 0 Å². The van der Waals surface area contributed by atoms with E-state index >= 15 is 0 Å². The number of nitrogens with one attached hydrogen (secondary N) is 1. The second-order valence-electron chi connectivity index (χ2n) is 3.85. The van der Waals surface area contributed by atoms with Gasteiger partial charge in [-0.25, -0.2) is 0 Å². The molecule has 0 unspecified atom stereocenters. The van der Waals surface area contributed by atoms with Crippen molar-refractivity contribution in [3.63, 3.8) is 0 Å². The standard InChI is InChI=1S/C9H17NO/c1-7(2)6-10-9(11)5-8-3-4-8/h7-8H,3-6H2,1-2H3,(H,10,11). The highest BCUT2D eigenvalue weighted by Gasteiger charge is 2.23. The van der Waals surface area contributed by atoms with Gasteiger partial charge >= 0.3 is 0 Å². The molecule has 1 aliphatic rings. The molecule has 1 N–H and O–H groups in total. The van der Waals surface area contributed by atoms with Gasteiger partial charge in [0.2, 0.25) is 5.91 Å². The van der Waals surface area contributed by atoms with Crippen molar-refractivity contribution in [3.8, 4) is 0 Å². The molecule has 0 saturated heterocycles. The highest BCUT2D eigenvalue weighted by Crippen LogP contribution is 2.31. The zero-order valence-corrected chi connectivity index (χ0v) is 7.39. The Balaban J connectivity index is 2.00. The molecule has 0 atom stereocenters. The minimum absolute atomic E-state index is 0.237. The fourth-order valence-corrected chi connectivity index (χ4v) is 0.974. The van der Waals surface area contributed by atoms with Crippen molar-refractivity contribution in [2.24, 2.45) is 11.8 Å². The summed E-state index contributed by atoms with van der Waals surface area (Å²) in [5.41, 5.74) is 0. The van der Waals surface area contributed by atoms with Crippen LogP contribution in [0.1, 0.15) is 33.1 Å². The molecule has 0 heterocycles. The van der Waals surface area contributed by atoms with Crippen LogP contribution < -0.4 is 5.32 Å². The smallest absolute Gasteiger partial charge is 0.220 e. The van der Waals surface area contributed by atoms with Crippen molar-refractivity contribution in [2.75, 3.05) is 6.54 Å². The number of hydrogen-bond donors (Lipinski definition) is 1. The Kier molecular flexibility index (Phi) is 2.92. The average molecular weight is 155 g/mol. The first-order valence-electron chi connectivity index (χ1n) is 4.45. The predicted molar refractivity (Wildman–Crippen MR) is 45.2 cm³/mol. The largest absolute Gasteiger partial charge is 0.356 e. The van der Waals surface area contributed by atoms with E-state index in [2.05, 4.69) is 19.2 Å². The van der Waals surface area contributed by atoms with E-state index < -0.39 is 0 Å². The maximum atomic E-state index is 11.1. The van der Waals surface area contributed by atoms with Gasteiger partial charge in [-0.3, -0.25) is 4.79 Å². The first-order chi connectivity index (χ1) is 5.18. The van der Waals surface area contributed by atoms with E-state index in [9.17, 15) is 4.79 Å². The van der Waals surface area contributed by atoms with E-state index in [0.717, 1.165) is 13.0 Å². The van der Waals surface area contributed by atoms with Crippen LogP contribution >= 0.6 is 0 Å². The molecule has 64 valence electrons. The third-order valence-corrected chi connectivity index (χ3v) is 1.88. The molecule has 1 aliphatic carbocycles. The molecule has 0 bridgehead atoms. The Morgan fingerprint density at radius 3 is 2.64 bits per heavy atom. The Labute approximate surface area is 68.4 Å². The van der Waals surface area contributed by atoms with Gasteiger partial charge in [-0.1, -0.05) is 13.8 Å². The predicted octanol–water partition coefficient (Wildman–Crippen LogP) is 1.56. The molecule has 0 aromatic carbocycles. The molecule has 1 amide bonds. The summed E-state index contributed by atoms with van der Waals surface area (Å²) in [4.78, 5) is 11.1. The van der Waals surface area contributed by atoms with Crippen molar-refractivity contribution in [2.45, 2.75) is 33.1 Å². The molecule has 2 heteroatoms. The lowest BCUT2D eigenvalue weighted by molar-refractivity contribution is -0.121. The second kappa shape index (κ2) is 3.74. The minimum atomic E-state index is 0.237. The number of hydrogen-bond acceptors (Lipinski definition) is 1. The molecule has 1 rings (SSSR count). The lowest BCUT2D eigenvalue weighted by Crippen LogP contribution is -2.27. The fourth-order valence-electron chi connectivity index (χ4n) is 0.974. The molecule has 11 heavy (non-hydrogen) atoms. The molecule has 1 saturated carbocycles. The zero-order valence-electron chi connectivity index (χ0n) is 7.39. The summed E-state index contributed by atoms with van der Waals surface area (Å²) in [6.07, 6.45) is 3.27. The quantitative estimate of drug-likeness (QED) is 0.656. The van der Waals surface area contributed by atoms with E-state index in [1.807, 2.05) is 0 Å². The van der Waals surface area contributed by atoms with Crippen LogP contribution in [0.15, 0.2) is 0 Å². The Morgan fingerprint density at radius 2 is 2.18 bits per heavy atom. The van der Waals surface area contributed by atoms with Gasteiger partial charge in [0.25, 0.3) is 0 Å². The van der Waals surface area contributed by atoms with Crippen molar-refractivity contribution in [1.82, 2.24) is 5.32 Å². The van der Waals surface area contributed by atoms with Crippen molar-refractivity contribution in [1.29, 1.82) is 0 Å². The van der Waals surface area contributed by atoms with Gasteiger partial charge in [0, 0.05) is 13.0 Å². The third-order valence-electron chi connectivity index (χ3n) is 1.88. The normalized spacial score (nSPS) is 17.0. The average Bonchev–Trinajstić information content (AvgIpc) is 2.67. The molecule has 0 aromatic rings. The summed E-state index contributed by atoms with van der Waals surface area (Å²) in [6, 6.07) is 0. The zero-order chi connectivity index (χ0) is 8.27. The highest BCUT2D eigenvalue weighted by molar-refractivity contribution is 5.76. The lowest BCUT2D eigenvalue weighted by atomic mass is 10.2. The van der Waals surface area contributed by atoms with Gasteiger partial charge in [0.15, 0.2) is 0 Å². The molecule has 0 aromatic heterocycles. The van der Waals surface area contributed by atoms with Gasteiger partial charge in [0.1, 0.15) is 0 Å². The Hall–Kier alpha value is -0.530. The van der Waals surface area contributed by atoms with E-state index in [-0.39, 0.29) is 5.91 Å². The van der Waals surface area contributed by atoms with Crippen molar-refractivity contribution >= 4 is 5.91 Å². The van der Waals surface area contributed by atoms with Crippen LogP contribution in [0.4, 0.5) is 0 Å². The maximum Gasteiger partial charge on any atom is 0.220 e. The van der Waals surface area contributed by atoms with Gasteiger partial charge < -0.3 is 5.32 Å². The maximum absolute atomic E-state index is 11.1. The van der Waals surface area contributed by atoms with Crippen LogP contribution in [-0.2, 0) is 4.79 Å². The molecule has 0 radical (unpaired) electrons. The second-order valence-corrected chi connectivity index (χ2v) is 3.85. The van der Waals surface area contributed by atoms with Gasteiger partial charge in [-0.15, -0.1) is 0 Å². The minimum Gasteiger partial charge on any atom is -0.356 e. The summed E-state index contributed by atoms with van der Waals surface area (Å²) in [7, 11) is 0. The molecule has 0 spiro atoms. The van der Waals surface area contributed by atoms with Crippen LogP contribution in [-0.4, -0.2) is 12.5 Å². The van der Waals surface area contributed by atoms with Crippen molar-refractivity contribution < 1.29 is 4.79 Å². The summed E-state index contributed by atoms with van der Waals surface area (Å²) in [6.45, 7) is 5.04. The molecule has 2 nitrogen and oxygen atoms in total. The Bertz CT molecular complexity index is 138. The summed E-state index contributed by atoms with van der Waals surface area (Å²) < 4.78 is 0. The summed E-state index contributed by atoms with van der Waals surface area (Å²) in [5.74, 6) is 1.52. The van der Waals surface area contributed by atoms with Crippen LogP contribution in [0.5, 0.6) is 0 Å². The van der Waals surface area contributed by atoms with Gasteiger partial charge in [-0.2, -0.15) is 0 Å². The number of rotatable bonds is 4. The number of amides is 1.